The lowest BCUT2D eigenvalue weighted by atomic mass is 10.1. The Morgan fingerprint density at radius 1 is 1.11 bits per heavy atom. The summed E-state index contributed by atoms with van der Waals surface area (Å²) in [5, 5.41) is 9.13. The number of carboxylic acid groups (broad SMARTS) is 1. The molecule has 0 atom stereocenters. The van der Waals surface area contributed by atoms with Crippen LogP contribution in [0.5, 0.6) is 0 Å². The minimum absolute atomic E-state index is 0.000446. The van der Waals surface area contributed by atoms with Crippen LogP contribution in [0, 0.1) is 6.92 Å². The van der Waals surface area contributed by atoms with Crippen LogP contribution in [-0.2, 0) is 26.0 Å². The molecule has 0 saturated heterocycles. The topological polar surface area (TPSA) is 83.9 Å². The van der Waals surface area contributed by atoms with E-state index in [0.29, 0.717) is 17.0 Å². The molecule has 0 aromatic heterocycles. The maximum absolute atomic E-state index is 13.2. The van der Waals surface area contributed by atoms with E-state index in [9.17, 15) is 13.2 Å². The zero-order valence-corrected chi connectivity index (χ0v) is 17.6. The third-order valence-electron chi connectivity index (χ3n) is 4.11. The molecule has 0 heterocycles. The van der Waals surface area contributed by atoms with Crippen LogP contribution in [0.15, 0.2) is 47.4 Å². The third kappa shape index (κ3) is 5.93. The number of nitrogens with zero attached hydrogens (tertiary/aromatic N) is 1. The number of carboxylic acids is 1. The van der Waals surface area contributed by atoms with Gasteiger partial charge in [-0.05, 0) is 36.6 Å². The molecule has 152 valence electrons. The first-order valence-corrected chi connectivity index (χ1v) is 10.7. The van der Waals surface area contributed by atoms with Gasteiger partial charge in [0, 0.05) is 18.1 Å². The summed E-state index contributed by atoms with van der Waals surface area (Å²) in [6.45, 7) is 1.30. The second-order valence-electron chi connectivity index (χ2n) is 6.07. The highest BCUT2D eigenvalue weighted by Crippen LogP contribution is 2.32. The Morgan fingerprint density at radius 3 is 2.43 bits per heavy atom. The first-order chi connectivity index (χ1) is 13.2. The fraction of sp³-hybridized carbons (Fsp3) is 0.316. The molecule has 2 aromatic rings. The van der Waals surface area contributed by atoms with Gasteiger partial charge < -0.3 is 9.84 Å². The highest BCUT2D eigenvalue weighted by atomic mass is 35.5. The lowest BCUT2D eigenvalue weighted by Gasteiger charge is -2.23. The number of benzene rings is 2. The molecule has 0 radical (unpaired) electrons. The zero-order chi connectivity index (χ0) is 20.7. The molecule has 0 amide bonds. The molecule has 0 fully saturated rings. The van der Waals surface area contributed by atoms with Gasteiger partial charge in [0.05, 0.1) is 11.6 Å². The van der Waals surface area contributed by atoms with E-state index in [2.05, 4.69) is 0 Å². The average molecular weight is 446 g/mol. The predicted octanol–water partition coefficient (Wildman–Crippen LogP) is 3.64. The van der Waals surface area contributed by atoms with Gasteiger partial charge in [0.1, 0.15) is 11.5 Å². The van der Waals surface area contributed by atoms with Crippen molar-refractivity contribution in [3.8, 4) is 0 Å². The van der Waals surface area contributed by atoms with E-state index >= 15 is 0 Å². The molecule has 28 heavy (non-hydrogen) atoms. The van der Waals surface area contributed by atoms with E-state index in [1.54, 1.807) is 6.92 Å². The molecular weight excluding hydrogens is 425 g/mol. The maximum atomic E-state index is 13.2. The van der Waals surface area contributed by atoms with Crippen LogP contribution in [-0.4, -0.2) is 50.1 Å². The molecule has 6 nitrogen and oxygen atoms in total. The van der Waals surface area contributed by atoms with E-state index in [4.69, 9.17) is 33.0 Å². The molecule has 1 N–H and O–H groups in total. The average Bonchev–Trinajstić information content (AvgIpc) is 2.65. The molecule has 0 aliphatic heterocycles. The van der Waals surface area contributed by atoms with Crippen molar-refractivity contribution in [1.82, 2.24) is 4.31 Å². The minimum Gasteiger partial charge on any atom is -0.480 e. The highest BCUT2D eigenvalue weighted by Gasteiger charge is 2.27. The Bertz CT molecular complexity index is 919. The Kier molecular flexibility index (Phi) is 8.27. The van der Waals surface area contributed by atoms with Gasteiger partial charge in [-0.15, -0.1) is 0 Å². The van der Waals surface area contributed by atoms with Gasteiger partial charge in [0.15, 0.2) is 0 Å². The second-order valence-corrected chi connectivity index (χ2v) is 8.76. The lowest BCUT2D eigenvalue weighted by Crippen LogP contribution is -2.36. The smallest absolute Gasteiger partial charge is 0.329 e. The van der Waals surface area contributed by atoms with Crippen LogP contribution in [0.25, 0.3) is 0 Å². The molecule has 0 aliphatic carbocycles. The fourth-order valence-electron chi connectivity index (χ4n) is 2.55. The van der Waals surface area contributed by atoms with Crippen molar-refractivity contribution in [2.24, 2.45) is 0 Å². The summed E-state index contributed by atoms with van der Waals surface area (Å²) in [6, 6.07) is 12.3. The van der Waals surface area contributed by atoms with E-state index in [0.717, 1.165) is 5.56 Å². The number of carbonyl (C=O) groups is 1. The van der Waals surface area contributed by atoms with Crippen molar-refractivity contribution in [3.05, 3.63) is 63.6 Å². The number of aliphatic carboxylic acids is 1. The molecule has 9 heteroatoms. The summed E-state index contributed by atoms with van der Waals surface area (Å²) in [7, 11) is -3.93. The van der Waals surface area contributed by atoms with Crippen LogP contribution >= 0.6 is 23.2 Å². The monoisotopic (exact) mass is 445 g/mol. The first-order valence-electron chi connectivity index (χ1n) is 8.51. The van der Waals surface area contributed by atoms with Gasteiger partial charge in [-0.3, -0.25) is 0 Å². The summed E-state index contributed by atoms with van der Waals surface area (Å²) < 4.78 is 32.7. The predicted molar refractivity (Wildman–Crippen MR) is 109 cm³/mol. The Labute approximate surface area is 174 Å². The molecule has 2 rings (SSSR count). The normalized spacial score (nSPS) is 11.7. The zero-order valence-electron chi connectivity index (χ0n) is 15.3. The molecule has 0 unspecified atom stereocenters. The standard InChI is InChI=1S/C19H21Cl2NO5S/c1-14-16(20)7-8-17(19(14)21)28(25,26)22(11-12-27-13-18(23)24)10-9-15-5-3-2-4-6-15/h2-8H,9-13H2,1H3,(H,23,24). The van der Waals surface area contributed by atoms with Gasteiger partial charge >= 0.3 is 5.97 Å². The number of ether oxygens (including phenoxy) is 1. The molecule has 0 saturated carbocycles. The molecule has 2 aromatic carbocycles. The second kappa shape index (κ2) is 10.2. The van der Waals surface area contributed by atoms with Gasteiger partial charge in [0.2, 0.25) is 10.0 Å². The van der Waals surface area contributed by atoms with Crippen molar-refractivity contribution < 1.29 is 23.1 Å². The van der Waals surface area contributed by atoms with Crippen molar-refractivity contribution >= 4 is 39.2 Å². The minimum atomic E-state index is -3.93. The van der Waals surface area contributed by atoms with E-state index in [-0.39, 0.29) is 29.6 Å². The van der Waals surface area contributed by atoms with Gasteiger partial charge in [-0.1, -0.05) is 53.5 Å². The van der Waals surface area contributed by atoms with E-state index in [1.165, 1.54) is 16.4 Å². The van der Waals surface area contributed by atoms with Crippen LogP contribution in [0.2, 0.25) is 10.0 Å². The SMILES string of the molecule is Cc1c(Cl)ccc(S(=O)(=O)N(CCOCC(=O)O)CCc2ccccc2)c1Cl. The fourth-order valence-corrected chi connectivity index (χ4v) is 4.76. The molecular formula is C19H21Cl2NO5S. The van der Waals surface area contributed by atoms with Gasteiger partial charge in [0.25, 0.3) is 0 Å². The molecule has 0 bridgehead atoms. The van der Waals surface area contributed by atoms with E-state index < -0.39 is 22.6 Å². The maximum Gasteiger partial charge on any atom is 0.329 e. The number of hydrogen-bond acceptors (Lipinski definition) is 4. The van der Waals surface area contributed by atoms with Crippen molar-refractivity contribution in [1.29, 1.82) is 0 Å². The van der Waals surface area contributed by atoms with Crippen LogP contribution < -0.4 is 0 Å². The Morgan fingerprint density at radius 2 is 1.79 bits per heavy atom. The van der Waals surface area contributed by atoms with Crippen molar-refractivity contribution in [2.75, 3.05) is 26.3 Å². The number of halogens is 2. The number of rotatable bonds is 10. The lowest BCUT2D eigenvalue weighted by molar-refractivity contribution is -0.142. The van der Waals surface area contributed by atoms with Gasteiger partial charge in [-0.2, -0.15) is 4.31 Å². The van der Waals surface area contributed by atoms with E-state index in [1.807, 2.05) is 30.3 Å². The summed E-state index contributed by atoms with van der Waals surface area (Å²) in [4.78, 5) is 10.6. The summed E-state index contributed by atoms with van der Waals surface area (Å²) >= 11 is 12.3. The summed E-state index contributed by atoms with van der Waals surface area (Å²) in [5.74, 6) is -1.12. The van der Waals surface area contributed by atoms with Crippen LogP contribution in [0.1, 0.15) is 11.1 Å². The largest absolute Gasteiger partial charge is 0.480 e. The van der Waals surface area contributed by atoms with Crippen molar-refractivity contribution in [3.63, 3.8) is 0 Å². The number of sulfonamides is 1. The Hall–Kier alpha value is -1.64. The quantitative estimate of drug-likeness (QED) is 0.564. The van der Waals surface area contributed by atoms with Crippen LogP contribution in [0.4, 0.5) is 0 Å². The van der Waals surface area contributed by atoms with Crippen LogP contribution in [0.3, 0.4) is 0 Å². The van der Waals surface area contributed by atoms with Crippen molar-refractivity contribution in [2.45, 2.75) is 18.2 Å². The third-order valence-corrected chi connectivity index (χ3v) is 7.06. The summed E-state index contributed by atoms with van der Waals surface area (Å²) in [6.07, 6.45) is 0.489. The number of hydrogen-bond donors (Lipinski definition) is 1. The molecule has 0 spiro atoms. The molecule has 0 aliphatic rings. The first kappa shape index (κ1) is 22.6. The van der Waals surface area contributed by atoms with Gasteiger partial charge in [-0.25, -0.2) is 13.2 Å². The highest BCUT2D eigenvalue weighted by molar-refractivity contribution is 7.89. The Balaban J connectivity index is 2.25. The summed E-state index contributed by atoms with van der Waals surface area (Å²) in [5.41, 5.74) is 1.46.